The Bertz CT molecular complexity index is 999. The zero-order chi connectivity index (χ0) is 23.3. The molecule has 1 aliphatic heterocycles. The molecule has 1 saturated heterocycles. The van der Waals surface area contributed by atoms with Crippen LogP contribution in [0.4, 0.5) is 11.4 Å². The summed E-state index contributed by atoms with van der Waals surface area (Å²) < 4.78 is 10.6. The molecule has 1 heterocycles. The van der Waals surface area contributed by atoms with Crippen molar-refractivity contribution in [2.24, 2.45) is 0 Å². The lowest BCUT2D eigenvalue weighted by Crippen LogP contribution is -2.49. The lowest BCUT2D eigenvalue weighted by molar-refractivity contribution is -0.384. The number of carbonyl (C=O) groups excluding carboxylic acids is 2. The SMILES string of the molecule is CCOC(=O)c1ccc(N2CCN(C(=O)c3cccc(OC(C)C)c3)CC2)c([N+](=O)[O-])c1. The second-order valence-electron chi connectivity index (χ2n) is 7.65. The Morgan fingerprint density at radius 3 is 2.41 bits per heavy atom. The fourth-order valence-corrected chi connectivity index (χ4v) is 3.59. The summed E-state index contributed by atoms with van der Waals surface area (Å²) in [5.41, 5.74) is 0.942. The van der Waals surface area contributed by atoms with E-state index in [9.17, 15) is 19.7 Å². The van der Waals surface area contributed by atoms with Crippen molar-refractivity contribution < 1.29 is 24.0 Å². The van der Waals surface area contributed by atoms with Crippen LogP contribution in [0, 0.1) is 10.1 Å². The molecule has 0 aliphatic carbocycles. The zero-order valence-electron chi connectivity index (χ0n) is 18.4. The fourth-order valence-electron chi connectivity index (χ4n) is 3.59. The Labute approximate surface area is 186 Å². The number of amides is 1. The van der Waals surface area contributed by atoms with E-state index in [0.717, 1.165) is 0 Å². The van der Waals surface area contributed by atoms with Crippen LogP contribution in [0.1, 0.15) is 41.5 Å². The molecule has 0 spiro atoms. The molecule has 0 N–H and O–H groups in total. The first-order valence-corrected chi connectivity index (χ1v) is 10.6. The van der Waals surface area contributed by atoms with Crippen LogP contribution in [0.3, 0.4) is 0 Å². The van der Waals surface area contributed by atoms with Gasteiger partial charge in [0, 0.05) is 37.8 Å². The predicted octanol–water partition coefficient (Wildman–Crippen LogP) is 3.52. The largest absolute Gasteiger partial charge is 0.491 e. The lowest BCUT2D eigenvalue weighted by atomic mass is 10.1. The van der Waals surface area contributed by atoms with E-state index in [1.165, 1.54) is 12.1 Å². The van der Waals surface area contributed by atoms with Gasteiger partial charge in [0.15, 0.2) is 0 Å². The number of benzene rings is 2. The number of rotatable bonds is 7. The van der Waals surface area contributed by atoms with Gasteiger partial charge in [-0.15, -0.1) is 0 Å². The molecule has 1 aliphatic rings. The summed E-state index contributed by atoms with van der Waals surface area (Å²) in [5.74, 6) is -0.0611. The monoisotopic (exact) mass is 441 g/mol. The van der Waals surface area contributed by atoms with Gasteiger partial charge in [-0.1, -0.05) is 6.07 Å². The number of nitrogens with zero attached hydrogens (tertiary/aromatic N) is 3. The molecule has 2 aromatic rings. The van der Waals surface area contributed by atoms with Crippen LogP contribution in [0.25, 0.3) is 0 Å². The van der Waals surface area contributed by atoms with Gasteiger partial charge in [0.2, 0.25) is 0 Å². The summed E-state index contributed by atoms with van der Waals surface area (Å²) in [7, 11) is 0. The summed E-state index contributed by atoms with van der Waals surface area (Å²) in [4.78, 5) is 39.6. The molecule has 170 valence electrons. The van der Waals surface area contributed by atoms with E-state index in [1.54, 1.807) is 36.1 Å². The van der Waals surface area contributed by atoms with Gasteiger partial charge >= 0.3 is 5.97 Å². The van der Waals surface area contributed by atoms with Gasteiger partial charge in [0.1, 0.15) is 11.4 Å². The van der Waals surface area contributed by atoms with Gasteiger partial charge in [-0.05, 0) is 51.1 Å². The molecule has 1 amide bonds. The highest BCUT2D eigenvalue weighted by molar-refractivity contribution is 5.95. The predicted molar refractivity (Wildman–Crippen MR) is 119 cm³/mol. The highest BCUT2D eigenvalue weighted by atomic mass is 16.6. The maximum absolute atomic E-state index is 12.9. The first kappa shape index (κ1) is 23.1. The van der Waals surface area contributed by atoms with Gasteiger partial charge in [-0.25, -0.2) is 4.79 Å². The minimum Gasteiger partial charge on any atom is -0.491 e. The van der Waals surface area contributed by atoms with E-state index in [4.69, 9.17) is 9.47 Å². The van der Waals surface area contributed by atoms with Crippen molar-refractivity contribution in [2.75, 3.05) is 37.7 Å². The molecule has 9 nitrogen and oxygen atoms in total. The normalized spacial score (nSPS) is 13.8. The van der Waals surface area contributed by atoms with E-state index in [-0.39, 0.29) is 29.9 Å². The summed E-state index contributed by atoms with van der Waals surface area (Å²) >= 11 is 0. The van der Waals surface area contributed by atoms with Gasteiger partial charge in [-0.3, -0.25) is 14.9 Å². The number of piperazine rings is 1. The van der Waals surface area contributed by atoms with E-state index in [1.807, 2.05) is 24.8 Å². The summed E-state index contributed by atoms with van der Waals surface area (Å²) in [6.07, 6.45) is 0.00917. The van der Waals surface area contributed by atoms with Gasteiger partial charge in [0.05, 0.1) is 23.2 Å². The minimum atomic E-state index is -0.596. The third kappa shape index (κ3) is 5.35. The molecule has 0 unspecified atom stereocenters. The standard InChI is InChI=1S/C23H27N3O6/c1-4-31-23(28)18-8-9-20(21(15-18)26(29)30)24-10-12-25(13-11-24)22(27)17-6-5-7-19(14-17)32-16(2)3/h5-9,14-16H,4,10-13H2,1-3H3. The van der Waals surface area contributed by atoms with Crippen molar-refractivity contribution >= 4 is 23.3 Å². The first-order valence-electron chi connectivity index (χ1n) is 10.6. The summed E-state index contributed by atoms with van der Waals surface area (Å²) in [6, 6.07) is 11.4. The smallest absolute Gasteiger partial charge is 0.338 e. The van der Waals surface area contributed by atoms with Crippen LogP contribution in [-0.4, -0.2) is 60.6 Å². The average molecular weight is 441 g/mol. The molecule has 0 aromatic heterocycles. The van der Waals surface area contributed by atoms with E-state index in [2.05, 4.69) is 0 Å². The van der Waals surface area contributed by atoms with Crippen LogP contribution in [-0.2, 0) is 4.74 Å². The number of esters is 1. The number of hydrogen-bond donors (Lipinski definition) is 0. The maximum Gasteiger partial charge on any atom is 0.338 e. The van der Waals surface area contributed by atoms with Crippen molar-refractivity contribution in [2.45, 2.75) is 26.9 Å². The van der Waals surface area contributed by atoms with Crippen LogP contribution < -0.4 is 9.64 Å². The second kappa shape index (κ2) is 10.1. The summed E-state index contributed by atoms with van der Waals surface area (Å²) in [5, 5.41) is 11.6. The maximum atomic E-state index is 12.9. The van der Waals surface area contributed by atoms with Gasteiger partial charge in [-0.2, -0.15) is 0 Å². The number of carbonyl (C=O) groups is 2. The molecule has 0 bridgehead atoms. The Balaban J connectivity index is 1.71. The quantitative estimate of drug-likeness (QED) is 0.368. The molecule has 3 rings (SSSR count). The van der Waals surface area contributed by atoms with Crippen LogP contribution >= 0.6 is 0 Å². The van der Waals surface area contributed by atoms with Crippen LogP contribution in [0.15, 0.2) is 42.5 Å². The fraction of sp³-hybridized carbons (Fsp3) is 0.391. The Hall–Kier alpha value is -3.62. The van der Waals surface area contributed by atoms with E-state index >= 15 is 0 Å². The topological polar surface area (TPSA) is 102 Å². The Morgan fingerprint density at radius 2 is 1.78 bits per heavy atom. The van der Waals surface area contributed by atoms with Crippen molar-refractivity contribution in [1.82, 2.24) is 4.90 Å². The van der Waals surface area contributed by atoms with E-state index in [0.29, 0.717) is 43.2 Å². The van der Waals surface area contributed by atoms with Crippen LogP contribution in [0.2, 0.25) is 0 Å². The summed E-state index contributed by atoms with van der Waals surface area (Å²) in [6.45, 7) is 7.43. The number of nitro benzene ring substituents is 1. The first-order chi connectivity index (χ1) is 15.3. The molecule has 32 heavy (non-hydrogen) atoms. The highest BCUT2D eigenvalue weighted by Crippen LogP contribution is 2.30. The molecule has 0 radical (unpaired) electrons. The number of ether oxygens (including phenoxy) is 2. The molecular weight excluding hydrogens is 414 g/mol. The Morgan fingerprint density at radius 1 is 1.06 bits per heavy atom. The molecule has 1 fully saturated rings. The average Bonchev–Trinajstić information content (AvgIpc) is 2.78. The minimum absolute atomic E-state index is 0.00917. The van der Waals surface area contributed by atoms with Crippen LogP contribution in [0.5, 0.6) is 5.75 Å². The highest BCUT2D eigenvalue weighted by Gasteiger charge is 2.27. The van der Waals surface area contributed by atoms with Crippen molar-refractivity contribution in [3.8, 4) is 5.75 Å². The van der Waals surface area contributed by atoms with Crippen molar-refractivity contribution in [3.63, 3.8) is 0 Å². The third-order valence-corrected chi connectivity index (χ3v) is 5.04. The van der Waals surface area contributed by atoms with Gasteiger partial charge in [0.25, 0.3) is 11.6 Å². The lowest BCUT2D eigenvalue weighted by Gasteiger charge is -2.36. The molecule has 0 saturated carbocycles. The van der Waals surface area contributed by atoms with Crippen molar-refractivity contribution in [1.29, 1.82) is 0 Å². The van der Waals surface area contributed by atoms with E-state index < -0.39 is 10.9 Å². The molecular formula is C23H27N3O6. The third-order valence-electron chi connectivity index (χ3n) is 5.04. The molecule has 9 heteroatoms. The number of nitro groups is 1. The zero-order valence-corrected chi connectivity index (χ0v) is 18.4. The number of anilines is 1. The number of hydrogen-bond acceptors (Lipinski definition) is 7. The Kier molecular flexibility index (Phi) is 7.29. The second-order valence-corrected chi connectivity index (χ2v) is 7.65. The molecule has 0 atom stereocenters. The molecule has 2 aromatic carbocycles. The van der Waals surface area contributed by atoms with Gasteiger partial charge < -0.3 is 19.3 Å². The van der Waals surface area contributed by atoms with Crippen molar-refractivity contribution in [3.05, 3.63) is 63.7 Å².